The second kappa shape index (κ2) is 7.12. The van der Waals surface area contributed by atoms with Gasteiger partial charge in [-0.25, -0.2) is 4.39 Å². The molecule has 0 heterocycles. The van der Waals surface area contributed by atoms with Crippen LogP contribution < -0.4 is 10.5 Å². The number of benzene rings is 2. The molecule has 2 aromatic rings. The minimum atomic E-state index is -0.354. The van der Waals surface area contributed by atoms with Crippen LogP contribution in [0.1, 0.15) is 16.7 Å². The Morgan fingerprint density at radius 2 is 2.05 bits per heavy atom. The van der Waals surface area contributed by atoms with E-state index in [1.165, 1.54) is 12.1 Å². The van der Waals surface area contributed by atoms with Crippen molar-refractivity contribution in [3.8, 4) is 17.6 Å². The van der Waals surface area contributed by atoms with Gasteiger partial charge in [-0.3, -0.25) is 0 Å². The Labute approximate surface area is 128 Å². The summed E-state index contributed by atoms with van der Waals surface area (Å²) in [4.78, 5) is 0. The maximum atomic E-state index is 13.5. The first-order valence-electron chi connectivity index (χ1n) is 6.46. The largest absolute Gasteiger partial charge is 0.487 e. The van der Waals surface area contributed by atoms with E-state index in [4.69, 9.17) is 22.1 Å². The van der Waals surface area contributed by atoms with Crippen molar-refractivity contribution in [1.82, 2.24) is 0 Å². The minimum Gasteiger partial charge on any atom is -0.487 e. The summed E-state index contributed by atoms with van der Waals surface area (Å²) in [5.41, 5.74) is 7.63. The lowest BCUT2D eigenvalue weighted by Gasteiger charge is -2.09. The molecule has 21 heavy (non-hydrogen) atoms. The lowest BCUT2D eigenvalue weighted by atomic mass is 10.1. The third kappa shape index (κ3) is 4.49. The van der Waals surface area contributed by atoms with Crippen molar-refractivity contribution >= 4 is 11.6 Å². The van der Waals surface area contributed by atoms with Crippen molar-refractivity contribution in [3.05, 3.63) is 63.9 Å². The van der Waals surface area contributed by atoms with E-state index < -0.39 is 0 Å². The molecule has 2 rings (SSSR count). The monoisotopic (exact) mass is 303 g/mol. The molecular weight excluding hydrogens is 289 g/mol. The number of hydrogen-bond donors (Lipinski definition) is 1. The summed E-state index contributed by atoms with van der Waals surface area (Å²) in [6, 6.07) is 10.1. The molecule has 0 saturated heterocycles. The minimum absolute atomic E-state index is 0.220. The summed E-state index contributed by atoms with van der Waals surface area (Å²) >= 11 is 6.09. The molecule has 108 valence electrons. The zero-order valence-corrected chi connectivity index (χ0v) is 12.4. The van der Waals surface area contributed by atoms with Gasteiger partial charge >= 0.3 is 0 Å². The average Bonchev–Trinajstić information content (AvgIpc) is 2.43. The first kappa shape index (κ1) is 15.4. The highest BCUT2D eigenvalue weighted by molar-refractivity contribution is 6.32. The van der Waals surface area contributed by atoms with E-state index in [-0.39, 0.29) is 19.0 Å². The summed E-state index contributed by atoms with van der Waals surface area (Å²) in [5.74, 6) is 5.72. The van der Waals surface area contributed by atoms with Crippen LogP contribution in [0.3, 0.4) is 0 Å². The molecule has 0 atom stereocenters. The molecule has 2 aromatic carbocycles. The molecule has 0 unspecified atom stereocenters. The molecule has 0 aromatic heterocycles. The van der Waals surface area contributed by atoms with E-state index in [0.29, 0.717) is 21.9 Å². The van der Waals surface area contributed by atoms with E-state index in [1.54, 1.807) is 12.1 Å². The van der Waals surface area contributed by atoms with Gasteiger partial charge in [0.15, 0.2) is 0 Å². The summed E-state index contributed by atoms with van der Waals surface area (Å²) in [7, 11) is 0. The van der Waals surface area contributed by atoms with Crippen molar-refractivity contribution in [2.45, 2.75) is 13.5 Å². The van der Waals surface area contributed by atoms with Gasteiger partial charge in [-0.2, -0.15) is 0 Å². The van der Waals surface area contributed by atoms with Gasteiger partial charge in [0.2, 0.25) is 0 Å². The molecule has 0 fully saturated rings. The Balaban J connectivity index is 2.14. The number of aryl methyl sites for hydroxylation is 1. The second-order valence-electron chi connectivity index (χ2n) is 4.58. The van der Waals surface area contributed by atoms with E-state index in [1.807, 2.05) is 19.1 Å². The van der Waals surface area contributed by atoms with E-state index in [0.717, 1.165) is 5.56 Å². The predicted octanol–water partition coefficient (Wildman–Crippen LogP) is 3.68. The molecule has 0 bridgehead atoms. The second-order valence-corrected chi connectivity index (χ2v) is 4.98. The van der Waals surface area contributed by atoms with Gasteiger partial charge in [-0.1, -0.05) is 29.5 Å². The average molecular weight is 304 g/mol. The van der Waals surface area contributed by atoms with Crippen LogP contribution in [0.5, 0.6) is 5.75 Å². The Kier molecular flexibility index (Phi) is 5.21. The van der Waals surface area contributed by atoms with Gasteiger partial charge in [0.05, 0.1) is 11.6 Å². The van der Waals surface area contributed by atoms with Gasteiger partial charge in [-0.15, -0.1) is 0 Å². The summed E-state index contributed by atoms with van der Waals surface area (Å²) in [6.45, 7) is 2.41. The molecular formula is C17H15ClFNO. The molecule has 0 amide bonds. The summed E-state index contributed by atoms with van der Waals surface area (Å²) < 4.78 is 19.2. The number of rotatable bonds is 3. The molecule has 0 spiro atoms. The van der Waals surface area contributed by atoms with Crippen LogP contribution in [0.25, 0.3) is 0 Å². The van der Waals surface area contributed by atoms with Gasteiger partial charge in [0, 0.05) is 5.56 Å². The van der Waals surface area contributed by atoms with E-state index in [9.17, 15) is 4.39 Å². The smallest absolute Gasteiger partial charge is 0.138 e. The molecule has 0 aliphatic heterocycles. The highest BCUT2D eigenvalue weighted by Crippen LogP contribution is 2.26. The van der Waals surface area contributed by atoms with Crippen LogP contribution in [0, 0.1) is 24.6 Å². The standard InChI is InChI=1S/C17H15ClFNO/c1-12-4-5-17(16(18)7-12)21-11-14-8-13(3-2-6-20)9-15(19)10-14/h4-5,7-10H,6,11,20H2,1H3. The van der Waals surface area contributed by atoms with E-state index >= 15 is 0 Å². The molecule has 0 radical (unpaired) electrons. The maximum absolute atomic E-state index is 13.5. The molecule has 2 N–H and O–H groups in total. The molecule has 4 heteroatoms. The van der Waals surface area contributed by atoms with Crippen molar-refractivity contribution in [2.24, 2.45) is 5.73 Å². The Bertz CT molecular complexity index is 704. The van der Waals surface area contributed by atoms with Crippen LogP contribution in [0.15, 0.2) is 36.4 Å². The van der Waals surface area contributed by atoms with Crippen molar-refractivity contribution < 1.29 is 9.13 Å². The third-order valence-electron chi connectivity index (χ3n) is 2.77. The van der Waals surface area contributed by atoms with Crippen LogP contribution in [0.2, 0.25) is 5.02 Å². The number of halogens is 2. The SMILES string of the molecule is Cc1ccc(OCc2cc(F)cc(C#CCN)c2)c(Cl)c1. The van der Waals surface area contributed by atoms with Gasteiger partial charge in [0.1, 0.15) is 18.2 Å². The lowest BCUT2D eigenvalue weighted by Crippen LogP contribution is -1.98. The Morgan fingerprint density at radius 1 is 1.24 bits per heavy atom. The number of hydrogen-bond acceptors (Lipinski definition) is 2. The number of ether oxygens (including phenoxy) is 1. The van der Waals surface area contributed by atoms with Crippen molar-refractivity contribution in [1.29, 1.82) is 0 Å². The van der Waals surface area contributed by atoms with Crippen LogP contribution in [-0.4, -0.2) is 6.54 Å². The fraction of sp³-hybridized carbons (Fsp3) is 0.176. The topological polar surface area (TPSA) is 35.2 Å². The molecule has 0 aliphatic rings. The first-order valence-corrected chi connectivity index (χ1v) is 6.83. The first-order chi connectivity index (χ1) is 10.1. The van der Waals surface area contributed by atoms with Crippen LogP contribution in [0.4, 0.5) is 4.39 Å². The zero-order chi connectivity index (χ0) is 15.2. The van der Waals surface area contributed by atoms with Crippen LogP contribution >= 0.6 is 11.6 Å². The molecule has 0 aliphatic carbocycles. The lowest BCUT2D eigenvalue weighted by molar-refractivity contribution is 0.305. The fourth-order valence-corrected chi connectivity index (χ4v) is 2.13. The Morgan fingerprint density at radius 3 is 2.76 bits per heavy atom. The van der Waals surface area contributed by atoms with Gasteiger partial charge in [-0.05, 0) is 48.4 Å². The normalized spacial score (nSPS) is 9.90. The van der Waals surface area contributed by atoms with Crippen molar-refractivity contribution in [2.75, 3.05) is 6.54 Å². The van der Waals surface area contributed by atoms with Crippen LogP contribution in [-0.2, 0) is 6.61 Å². The maximum Gasteiger partial charge on any atom is 0.138 e. The number of nitrogens with two attached hydrogens (primary N) is 1. The summed E-state index contributed by atoms with van der Waals surface area (Å²) in [6.07, 6.45) is 0. The summed E-state index contributed by atoms with van der Waals surface area (Å²) in [5, 5.41) is 0.537. The predicted molar refractivity (Wildman–Crippen MR) is 82.9 cm³/mol. The van der Waals surface area contributed by atoms with Crippen molar-refractivity contribution in [3.63, 3.8) is 0 Å². The van der Waals surface area contributed by atoms with Gasteiger partial charge in [0.25, 0.3) is 0 Å². The third-order valence-corrected chi connectivity index (χ3v) is 3.07. The quantitative estimate of drug-likeness (QED) is 0.878. The zero-order valence-electron chi connectivity index (χ0n) is 11.6. The molecule has 0 saturated carbocycles. The Hall–Kier alpha value is -2.02. The van der Waals surface area contributed by atoms with Gasteiger partial charge < -0.3 is 10.5 Å². The van der Waals surface area contributed by atoms with E-state index in [2.05, 4.69) is 11.8 Å². The highest BCUT2D eigenvalue weighted by Gasteiger charge is 2.04. The highest BCUT2D eigenvalue weighted by atomic mass is 35.5. The molecule has 2 nitrogen and oxygen atoms in total. The fourth-order valence-electron chi connectivity index (χ4n) is 1.84.